The fourth-order valence-electron chi connectivity index (χ4n) is 1.87. The van der Waals surface area contributed by atoms with Crippen molar-refractivity contribution < 1.29 is 19.2 Å². The lowest BCUT2D eigenvalue weighted by atomic mass is 9.82. The van der Waals surface area contributed by atoms with Crippen LogP contribution in [0, 0.1) is 11.8 Å². The number of imide groups is 2. The van der Waals surface area contributed by atoms with Crippen molar-refractivity contribution in [2.45, 2.75) is 6.42 Å². The summed E-state index contributed by atoms with van der Waals surface area (Å²) in [7, 11) is 2.77. The minimum Gasteiger partial charge on any atom is -0.284 e. The van der Waals surface area contributed by atoms with Crippen LogP contribution in [0.15, 0.2) is 0 Å². The second-order valence-electron chi connectivity index (χ2n) is 3.81. The molecule has 0 aromatic rings. The summed E-state index contributed by atoms with van der Waals surface area (Å²) in [6.07, 6.45) is 0.0318. The first-order valence-corrected chi connectivity index (χ1v) is 4.58. The Kier molecular flexibility index (Phi) is 1.89. The van der Waals surface area contributed by atoms with Crippen LogP contribution >= 0.6 is 0 Å². The Morgan fingerprint density at radius 3 is 1.33 bits per heavy atom. The van der Waals surface area contributed by atoms with Crippen molar-refractivity contribution in [3.8, 4) is 0 Å². The van der Waals surface area contributed by atoms with Crippen LogP contribution in [0.2, 0.25) is 0 Å². The summed E-state index contributed by atoms with van der Waals surface area (Å²) in [5, 5.41) is 0. The van der Waals surface area contributed by atoms with E-state index >= 15 is 0 Å². The van der Waals surface area contributed by atoms with E-state index in [0.29, 0.717) is 0 Å². The van der Waals surface area contributed by atoms with Crippen LogP contribution in [0.3, 0.4) is 0 Å². The van der Waals surface area contributed by atoms with Crippen LogP contribution in [0.5, 0.6) is 0 Å². The highest BCUT2D eigenvalue weighted by Crippen LogP contribution is 2.30. The smallest absolute Gasteiger partial charge is 0.241 e. The topological polar surface area (TPSA) is 74.8 Å². The molecule has 0 unspecified atom stereocenters. The second-order valence-corrected chi connectivity index (χ2v) is 3.81. The monoisotopic (exact) mass is 210 g/mol. The lowest BCUT2D eigenvalue weighted by Crippen LogP contribution is -2.61. The molecule has 2 aliphatic heterocycles. The molecular formula is C9H10N2O4. The number of likely N-dealkylation sites (tertiary alicyclic amines) is 2. The second kappa shape index (κ2) is 2.88. The van der Waals surface area contributed by atoms with Gasteiger partial charge in [-0.15, -0.1) is 0 Å². The molecule has 0 spiro atoms. The van der Waals surface area contributed by atoms with Crippen LogP contribution in [0.1, 0.15) is 6.42 Å². The molecule has 2 aliphatic rings. The van der Waals surface area contributed by atoms with Crippen molar-refractivity contribution in [1.29, 1.82) is 0 Å². The van der Waals surface area contributed by atoms with E-state index in [-0.39, 0.29) is 30.0 Å². The van der Waals surface area contributed by atoms with E-state index in [4.69, 9.17) is 0 Å². The number of carbonyl (C=O) groups is 4. The maximum Gasteiger partial charge on any atom is 0.241 e. The zero-order valence-corrected chi connectivity index (χ0v) is 8.39. The highest BCUT2D eigenvalue weighted by Gasteiger charge is 2.52. The van der Waals surface area contributed by atoms with E-state index in [9.17, 15) is 19.2 Å². The molecule has 0 aromatic carbocycles. The van der Waals surface area contributed by atoms with E-state index in [2.05, 4.69) is 0 Å². The molecule has 2 heterocycles. The average molecular weight is 210 g/mol. The van der Waals surface area contributed by atoms with Gasteiger partial charge in [0.05, 0.1) is 0 Å². The average Bonchev–Trinajstić information content (AvgIpc) is 2.27. The standard InChI is InChI=1S/C9H10N2O4/c1-10-6(12)4(7(10)13)3-5-8(14)11(2)9(5)15/h4-5H,3H2,1-2H3. The molecule has 4 amide bonds. The Labute approximate surface area is 85.8 Å². The van der Waals surface area contributed by atoms with E-state index < -0.39 is 11.8 Å². The predicted octanol–water partition coefficient (Wildman–Crippen LogP) is -1.39. The molecule has 0 aromatic heterocycles. The highest BCUT2D eigenvalue weighted by atomic mass is 16.2. The van der Waals surface area contributed by atoms with Gasteiger partial charge >= 0.3 is 0 Å². The first-order valence-electron chi connectivity index (χ1n) is 4.58. The zero-order valence-electron chi connectivity index (χ0n) is 8.39. The van der Waals surface area contributed by atoms with Crippen LogP contribution in [0.25, 0.3) is 0 Å². The molecule has 6 heteroatoms. The minimum absolute atomic E-state index is 0.0318. The van der Waals surface area contributed by atoms with Gasteiger partial charge in [-0.2, -0.15) is 0 Å². The molecule has 2 rings (SSSR count). The minimum atomic E-state index is -0.790. The summed E-state index contributed by atoms with van der Waals surface area (Å²) in [5.74, 6) is -2.82. The van der Waals surface area contributed by atoms with Crippen LogP contribution in [-0.2, 0) is 19.2 Å². The summed E-state index contributed by atoms with van der Waals surface area (Å²) in [4.78, 5) is 46.8. The Morgan fingerprint density at radius 1 is 0.800 bits per heavy atom. The Morgan fingerprint density at radius 2 is 1.07 bits per heavy atom. The van der Waals surface area contributed by atoms with Gasteiger partial charge in [0.15, 0.2) is 0 Å². The van der Waals surface area contributed by atoms with Gasteiger partial charge in [-0.1, -0.05) is 0 Å². The molecule has 0 bridgehead atoms. The third kappa shape index (κ3) is 1.10. The first-order chi connectivity index (χ1) is 6.95. The highest BCUT2D eigenvalue weighted by molar-refractivity contribution is 6.21. The van der Waals surface area contributed by atoms with Crippen molar-refractivity contribution in [3.05, 3.63) is 0 Å². The van der Waals surface area contributed by atoms with Crippen LogP contribution < -0.4 is 0 Å². The number of hydrogen-bond donors (Lipinski definition) is 0. The van der Waals surface area contributed by atoms with Crippen molar-refractivity contribution in [3.63, 3.8) is 0 Å². The number of nitrogens with zero attached hydrogens (tertiary/aromatic N) is 2. The molecule has 2 saturated heterocycles. The van der Waals surface area contributed by atoms with Crippen molar-refractivity contribution in [1.82, 2.24) is 9.80 Å². The number of β-lactam (4-membered cyclic amide) rings is 4. The van der Waals surface area contributed by atoms with Gasteiger partial charge in [0.25, 0.3) is 0 Å². The van der Waals surface area contributed by atoms with E-state index in [0.717, 1.165) is 9.80 Å². The molecular weight excluding hydrogens is 200 g/mol. The first kappa shape index (κ1) is 9.82. The van der Waals surface area contributed by atoms with E-state index in [1.165, 1.54) is 14.1 Å². The van der Waals surface area contributed by atoms with Gasteiger partial charge in [0, 0.05) is 14.1 Å². The van der Waals surface area contributed by atoms with Gasteiger partial charge in [0.1, 0.15) is 11.8 Å². The Balaban J connectivity index is 2.00. The largest absolute Gasteiger partial charge is 0.284 e. The SMILES string of the molecule is CN1C(=O)C(CC2C(=O)N(C)C2=O)C1=O. The number of hydrogen-bond acceptors (Lipinski definition) is 4. The number of amides is 4. The Hall–Kier alpha value is -1.72. The normalized spacial score (nSPS) is 23.3. The molecule has 2 fully saturated rings. The number of rotatable bonds is 2. The van der Waals surface area contributed by atoms with Gasteiger partial charge in [-0.25, -0.2) is 0 Å². The fraction of sp³-hybridized carbons (Fsp3) is 0.556. The molecule has 6 nitrogen and oxygen atoms in total. The summed E-state index contributed by atoms with van der Waals surface area (Å²) < 4.78 is 0. The maximum atomic E-state index is 11.2. The molecule has 0 radical (unpaired) electrons. The molecule has 0 saturated carbocycles. The fourth-order valence-corrected chi connectivity index (χ4v) is 1.87. The third-order valence-electron chi connectivity index (χ3n) is 2.99. The maximum absolute atomic E-state index is 11.2. The van der Waals surface area contributed by atoms with E-state index in [1.807, 2.05) is 0 Å². The van der Waals surface area contributed by atoms with Crippen molar-refractivity contribution in [2.24, 2.45) is 11.8 Å². The van der Waals surface area contributed by atoms with E-state index in [1.54, 1.807) is 0 Å². The molecule has 0 atom stereocenters. The molecule has 0 aliphatic carbocycles. The Bertz CT molecular complexity index is 322. The molecule has 15 heavy (non-hydrogen) atoms. The van der Waals surface area contributed by atoms with Gasteiger partial charge in [0.2, 0.25) is 23.6 Å². The van der Waals surface area contributed by atoms with Crippen molar-refractivity contribution >= 4 is 23.6 Å². The third-order valence-corrected chi connectivity index (χ3v) is 2.99. The van der Waals surface area contributed by atoms with Gasteiger partial charge in [-0.3, -0.25) is 29.0 Å². The summed E-state index contributed by atoms with van der Waals surface area (Å²) in [6.45, 7) is 0. The predicted molar refractivity (Wildman–Crippen MR) is 47.2 cm³/mol. The van der Waals surface area contributed by atoms with Gasteiger partial charge in [-0.05, 0) is 6.42 Å². The summed E-state index contributed by atoms with van der Waals surface area (Å²) >= 11 is 0. The van der Waals surface area contributed by atoms with Gasteiger partial charge < -0.3 is 0 Å². The van der Waals surface area contributed by atoms with Crippen LogP contribution in [0.4, 0.5) is 0 Å². The number of carbonyl (C=O) groups excluding carboxylic acids is 4. The zero-order chi connectivity index (χ0) is 11.3. The summed E-state index contributed by atoms with van der Waals surface area (Å²) in [5.41, 5.74) is 0. The quantitative estimate of drug-likeness (QED) is 0.415. The van der Waals surface area contributed by atoms with Crippen LogP contribution in [-0.4, -0.2) is 47.5 Å². The molecule has 80 valence electrons. The summed E-state index contributed by atoms with van der Waals surface area (Å²) in [6, 6.07) is 0. The molecule has 0 N–H and O–H groups in total. The lowest BCUT2D eigenvalue weighted by molar-refractivity contribution is -0.169. The lowest BCUT2D eigenvalue weighted by Gasteiger charge is -2.38. The van der Waals surface area contributed by atoms with Crippen molar-refractivity contribution in [2.75, 3.05) is 14.1 Å².